The number of para-hydroxylation sites is 1. The molecule has 1 aromatic rings. The molecule has 0 amide bonds. The van der Waals surface area contributed by atoms with Gasteiger partial charge in [0.15, 0.2) is 5.11 Å². The third kappa shape index (κ3) is 1.40. The summed E-state index contributed by atoms with van der Waals surface area (Å²) in [6.07, 6.45) is 0. The number of nitrogens with one attached hydrogen (secondary N) is 2. The Hall–Kier alpha value is -1.09. The van der Waals surface area contributed by atoms with Crippen molar-refractivity contribution < 1.29 is 0 Å². The second kappa shape index (κ2) is 2.70. The Morgan fingerprint density at radius 2 is 1.92 bits per heavy atom. The van der Waals surface area contributed by atoms with Crippen LogP contribution in [-0.2, 0) is 5.54 Å². The number of hydrogen-bond acceptors (Lipinski definition) is 1. The molecule has 0 bridgehead atoms. The normalized spacial score (nSPS) is 18.5. The van der Waals surface area contributed by atoms with E-state index in [2.05, 4.69) is 30.5 Å². The van der Waals surface area contributed by atoms with Gasteiger partial charge in [0, 0.05) is 11.3 Å². The van der Waals surface area contributed by atoms with Crippen LogP contribution in [0.2, 0.25) is 0 Å². The summed E-state index contributed by atoms with van der Waals surface area (Å²) in [5.74, 6) is 0. The molecule has 0 atom stereocenters. The first-order valence-corrected chi connectivity index (χ1v) is 4.69. The van der Waals surface area contributed by atoms with Crippen molar-refractivity contribution in [2.45, 2.75) is 19.4 Å². The highest BCUT2D eigenvalue weighted by atomic mass is 32.1. The summed E-state index contributed by atoms with van der Waals surface area (Å²) in [7, 11) is 0. The average molecular weight is 192 g/mol. The molecular weight excluding hydrogens is 180 g/mol. The van der Waals surface area contributed by atoms with Crippen LogP contribution >= 0.6 is 12.2 Å². The molecule has 0 unspecified atom stereocenters. The van der Waals surface area contributed by atoms with Crippen LogP contribution in [0.5, 0.6) is 0 Å². The highest BCUT2D eigenvalue weighted by molar-refractivity contribution is 7.80. The maximum atomic E-state index is 5.11. The molecule has 0 radical (unpaired) electrons. The van der Waals surface area contributed by atoms with Gasteiger partial charge in [-0.25, -0.2) is 0 Å². The molecule has 2 rings (SSSR count). The van der Waals surface area contributed by atoms with E-state index < -0.39 is 0 Å². The molecule has 0 aromatic heterocycles. The van der Waals surface area contributed by atoms with Gasteiger partial charge in [0.1, 0.15) is 0 Å². The Labute approximate surface area is 83.3 Å². The first-order chi connectivity index (χ1) is 6.09. The van der Waals surface area contributed by atoms with Crippen molar-refractivity contribution in [3.8, 4) is 0 Å². The minimum atomic E-state index is -0.0705. The average Bonchev–Trinajstić information content (AvgIpc) is 2.02. The lowest BCUT2D eigenvalue weighted by molar-refractivity contribution is 0.484. The van der Waals surface area contributed by atoms with Crippen LogP contribution in [0.1, 0.15) is 19.4 Å². The number of rotatable bonds is 0. The SMILES string of the molecule is CC1(C)NC(=S)Nc2ccccc21. The van der Waals surface area contributed by atoms with E-state index >= 15 is 0 Å². The molecule has 2 nitrogen and oxygen atoms in total. The largest absolute Gasteiger partial charge is 0.353 e. The van der Waals surface area contributed by atoms with Crippen LogP contribution in [0.4, 0.5) is 5.69 Å². The van der Waals surface area contributed by atoms with E-state index in [0.717, 1.165) is 5.69 Å². The molecule has 2 N–H and O–H groups in total. The van der Waals surface area contributed by atoms with Gasteiger partial charge in [0.2, 0.25) is 0 Å². The van der Waals surface area contributed by atoms with Crippen LogP contribution in [0.15, 0.2) is 24.3 Å². The van der Waals surface area contributed by atoms with E-state index in [-0.39, 0.29) is 5.54 Å². The number of hydrogen-bond donors (Lipinski definition) is 2. The lowest BCUT2D eigenvalue weighted by atomic mass is 9.91. The van der Waals surface area contributed by atoms with Crippen molar-refractivity contribution in [2.75, 3.05) is 5.32 Å². The molecule has 68 valence electrons. The zero-order valence-corrected chi connectivity index (χ0v) is 8.53. The van der Waals surface area contributed by atoms with Gasteiger partial charge in [-0.2, -0.15) is 0 Å². The smallest absolute Gasteiger partial charge is 0.171 e. The second-order valence-corrected chi connectivity index (χ2v) is 4.16. The van der Waals surface area contributed by atoms with Gasteiger partial charge in [-0.3, -0.25) is 0 Å². The van der Waals surface area contributed by atoms with E-state index in [1.165, 1.54) is 5.56 Å². The van der Waals surface area contributed by atoms with E-state index in [1.807, 2.05) is 18.2 Å². The zero-order chi connectivity index (χ0) is 9.47. The third-order valence-corrected chi connectivity index (χ3v) is 2.48. The van der Waals surface area contributed by atoms with Crippen LogP contribution in [0.25, 0.3) is 0 Å². The Morgan fingerprint density at radius 1 is 1.23 bits per heavy atom. The minimum absolute atomic E-state index is 0.0705. The van der Waals surface area contributed by atoms with Gasteiger partial charge in [-0.15, -0.1) is 0 Å². The summed E-state index contributed by atoms with van der Waals surface area (Å²) in [4.78, 5) is 0. The number of anilines is 1. The summed E-state index contributed by atoms with van der Waals surface area (Å²) in [6, 6.07) is 8.20. The summed E-state index contributed by atoms with van der Waals surface area (Å²) < 4.78 is 0. The Morgan fingerprint density at radius 3 is 2.69 bits per heavy atom. The summed E-state index contributed by atoms with van der Waals surface area (Å²) >= 11 is 5.11. The van der Waals surface area contributed by atoms with Crippen molar-refractivity contribution >= 4 is 23.0 Å². The Kier molecular flexibility index (Phi) is 1.77. The predicted molar refractivity (Wildman–Crippen MR) is 58.8 cm³/mol. The number of thiocarbonyl (C=S) groups is 1. The van der Waals surface area contributed by atoms with E-state index in [4.69, 9.17) is 12.2 Å². The fourth-order valence-electron chi connectivity index (χ4n) is 1.64. The lowest BCUT2D eigenvalue weighted by Crippen LogP contribution is -2.47. The lowest BCUT2D eigenvalue weighted by Gasteiger charge is -2.35. The van der Waals surface area contributed by atoms with Gasteiger partial charge in [0.05, 0.1) is 5.54 Å². The van der Waals surface area contributed by atoms with E-state index in [1.54, 1.807) is 0 Å². The quantitative estimate of drug-likeness (QED) is 0.616. The van der Waals surface area contributed by atoms with Crippen molar-refractivity contribution in [1.82, 2.24) is 5.32 Å². The number of fused-ring (bicyclic) bond motifs is 1. The molecule has 3 heteroatoms. The highest BCUT2D eigenvalue weighted by Gasteiger charge is 2.28. The van der Waals surface area contributed by atoms with Crippen molar-refractivity contribution in [3.63, 3.8) is 0 Å². The van der Waals surface area contributed by atoms with Crippen molar-refractivity contribution in [1.29, 1.82) is 0 Å². The van der Waals surface area contributed by atoms with Gasteiger partial charge < -0.3 is 10.6 Å². The first kappa shape index (κ1) is 8.51. The highest BCUT2D eigenvalue weighted by Crippen LogP contribution is 2.30. The summed E-state index contributed by atoms with van der Waals surface area (Å²) in [5.41, 5.74) is 2.29. The van der Waals surface area contributed by atoms with E-state index in [0.29, 0.717) is 5.11 Å². The molecule has 0 saturated carbocycles. The van der Waals surface area contributed by atoms with Crippen LogP contribution < -0.4 is 10.6 Å². The Bertz CT molecular complexity index is 358. The molecular formula is C10H12N2S. The molecule has 13 heavy (non-hydrogen) atoms. The van der Waals surface area contributed by atoms with Crippen LogP contribution in [0.3, 0.4) is 0 Å². The standard InChI is InChI=1S/C10H12N2S/c1-10(2)7-5-3-4-6-8(7)11-9(13)12-10/h3-6H,1-2H3,(H2,11,12,13). The second-order valence-electron chi connectivity index (χ2n) is 3.75. The van der Waals surface area contributed by atoms with E-state index in [9.17, 15) is 0 Å². The molecule has 0 aliphatic carbocycles. The molecule has 0 spiro atoms. The molecule has 1 heterocycles. The molecule has 0 fully saturated rings. The fourth-order valence-corrected chi connectivity index (χ4v) is 2.01. The van der Waals surface area contributed by atoms with Gasteiger partial charge >= 0.3 is 0 Å². The minimum Gasteiger partial charge on any atom is -0.353 e. The van der Waals surface area contributed by atoms with Crippen LogP contribution in [-0.4, -0.2) is 5.11 Å². The van der Waals surface area contributed by atoms with Gasteiger partial charge in [-0.1, -0.05) is 18.2 Å². The molecule has 0 saturated heterocycles. The predicted octanol–water partition coefficient (Wildman–Crippen LogP) is 2.22. The number of benzene rings is 1. The summed E-state index contributed by atoms with van der Waals surface area (Å²) in [5, 5.41) is 7.07. The Balaban J connectivity index is 2.56. The van der Waals surface area contributed by atoms with Crippen LogP contribution in [0, 0.1) is 0 Å². The van der Waals surface area contributed by atoms with Crippen molar-refractivity contribution in [2.24, 2.45) is 0 Å². The molecule has 1 aromatic carbocycles. The monoisotopic (exact) mass is 192 g/mol. The topological polar surface area (TPSA) is 24.1 Å². The maximum absolute atomic E-state index is 5.11. The molecule has 1 aliphatic heterocycles. The first-order valence-electron chi connectivity index (χ1n) is 4.28. The van der Waals surface area contributed by atoms with Crippen molar-refractivity contribution in [3.05, 3.63) is 29.8 Å². The maximum Gasteiger partial charge on any atom is 0.171 e. The van der Waals surface area contributed by atoms with Gasteiger partial charge in [-0.05, 0) is 32.1 Å². The molecule has 1 aliphatic rings. The third-order valence-electron chi connectivity index (χ3n) is 2.27. The van der Waals surface area contributed by atoms with Gasteiger partial charge in [0.25, 0.3) is 0 Å². The summed E-state index contributed by atoms with van der Waals surface area (Å²) in [6.45, 7) is 4.25. The fraction of sp³-hybridized carbons (Fsp3) is 0.300. The zero-order valence-electron chi connectivity index (χ0n) is 7.72.